The van der Waals surface area contributed by atoms with Crippen LogP contribution < -0.4 is 4.72 Å². The lowest BCUT2D eigenvalue weighted by molar-refractivity contribution is 0.0431. The van der Waals surface area contributed by atoms with Crippen molar-refractivity contribution in [2.75, 3.05) is 4.72 Å². The van der Waals surface area contributed by atoms with Gasteiger partial charge in [-0.1, -0.05) is 31.1 Å². The Morgan fingerprint density at radius 3 is 2.68 bits per heavy atom. The molecule has 0 saturated carbocycles. The summed E-state index contributed by atoms with van der Waals surface area (Å²) in [5.41, 5.74) is 0.190. The third-order valence-corrected chi connectivity index (χ3v) is 7.01. The second kappa shape index (κ2) is 8.41. The molecule has 0 aliphatic heterocycles. The first kappa shape index (κ1) is 20.5. The third kappa shape index (κ3) is 4.78. The average Bonchev–Trinajstić information content (AvgIpc) is 3.29. The molecule has 1 N–H and O–H groups in total. The van der Waals surface area contributed by atoms with Crippen molar-refractivity contribution >= 4 is 48.9 Å². The summed E-state index contributed by atoms with van der Waals surface area (Å²) in [6.45, 7) is 3.61. The fourth-order valence-electron chi connectivity index (χ4n) is 2.15. The van der Waals surface area contributed by atoms with E-state index in [1.165, 1.54) is 18.2 Å². The van der Waals surface area contributed by atoms with Gasteiger partial charge in [-0.2, -0.15) is 4.98 Å². The van der Waals surface area contributed by atoms with E-state index in [4.69, 9.17) is 9.26 Å². The van der Waals surface area contributed by atoms with Crippen LogP contribution in [0, 0.1) is 0 Å². The van der Waals surface area contributed by atoms with Crippen molar-refractivity contribution in [1.29, 1.82) is 0 Å². The molecule has 0 radical (unpaired) electrons. The Morgan fingerprint density at radius 1 is 1.29 bits per heavy atom. The summed E-state index contributed by atoms with van der Waals surface area (Å²) in [7, 11) is -3.83. The Hall–Kier alpha value is -2.24. The van der Waals surface area contributed by atoms with E-state index in [1.54, 1.807) is 18.2 Å². The monoisotopic (exact) mass is 485 g/mol. The molecule has 2 aromatic heterocycles. The maximum absolute atomic E-state index is 12.5. The van der Waals surface area contributed by atoms with Gasteiger partial charge in [0, 0.05) is 5.92 Å². The first-order chi connectivity index (χ1) is 13.3. The number of thiophene rings is 1. The molecule has 11 heteroatoms. The Balaban J connectivity index is 1.74. The zero-order valence-corrected chi connectivity index (χ0v) is 18.1. The second-order valence-corrected chi connectivity index (χ2v) is 10.4. The number of nitrogens with zero attached hydrogens (tertiary/aromatic N) is 2. The molecule has 148 valence electrons. The van der Waals surface area contributed by atoms with Crippen molar-refractivity contribution in [3.05, 3.63) is 57.5 Å². The van der Waals surface area contributed by atoms with E-state index in [-0.39, 0.29) is 33.9 Å². The zero-order chi connectivity index (χ0) is 20.3. The van der Waals surface area contributed by atoms with Crippen molar-refractivity contribution in [2.45, 2.75) is 30.6 Å². The number of anilines is 1. The number of hydrogen-bond acceptors (Lipinski definition) is 8. The van der Waals surface area contributed by atoms with E-state index < -0.39 is 16.0 Å². The number of esters is 1. The summed E-state index contributed by atoms with van der Waals surface area (Å²) in [6, 6.07) is 9.29. The van der Waals surface area contributed by atoms with Crippen LogP contribution in [0.15, 0.2) is 48.9 Å². The van der Waals surface area contributed by atoms with Gasteiger partial charge < -0.3 is 9.26 Å². The number of para-hydroxylation sites is 1. The molecule has 0 aliphatic carbocycles. The molecule has 0 bridgehead atoms. The molecule has 0 fully saturated rings. The molecule has 0 aliphatic rings. The SMILES string of the molecule is CC(C)c1noc(COC(=O)c2ccccc2NS(=O)(=O)c2ccc(Br)s2)n1. The van der Waals surface area contributed by atoms with Crippen LogP contribution in [-0.4, -0.2) is 24.5 Å². The Kier molecular flexibility index (Phi) is 6.16. The maximum atomic E-state index is 12.5. The number of nitrogens with one attached hydrogen (secondary N) is 1. The van der Waals surface area contributed by atoms with E-state index in [1.807, 2.05) is 13.8 Å². The van der Waals surface area contributed by atoms with Gasteiger partial charge in [-0.15, -0.1) is 11.3 Å². The summed E-state index contributed by atoms with van der Waals surface area (Å²) in [5, 5.41) is 3.80. The number of sulfonamides is 1. The van der Waals surface area contributed by atoms with Crippen molar-refractivity contribution in [3.63, 3.8) is 0 Å². The van der Waals surface area contributed by atoms with Crippen LogP contribution in [0.3, 0.4) is 0 Å². The van der Waals surface area contributed by atoms with E-state index >= 15 is 0 Å². The number of rotatable bonds is 7. The normalized spacial score (nSPS) is 11.6. The fourth-order valence-corrected chi connectivity index (χ4v) is 5.24. The molecular formula is C17H16BrN3O5S2. The number of halogens is 1. The molecule has 28 heavy (non-hydrogen) atoms. The predicted octanol–water partition coefficient (Wildman–Crippen LogP) is 4.17. The topological polar surface area (TPSA) is 111 Å². The number of benzene rings is 1. The lowest BCUT2D eigenvalue weighted by atomic mass is 10.2. The smallest absolute Gasteiger partial charge is 0.340 e. The highest BCUT2D eigenvalue weighted by molar-refractivity contribution is 9.11. The van der Waals surface area contributed by atoms with Gasteiger partial charge in [0.05, 0.1) is 15.0 Å². The molecular weight excluding hydrogens is 470 g/mol. The number of carbonyl (C=O) groups is 1. The quantitative estimate of drug-likeness (QED) is 0.499. The van der Waals surface area contributed by atoms with Gasteiger partial charge in [-0.25, -0.2) is 13.2 Å². The standard InChI is InChI=1S/C17H16BrN3O5S2/c1-10(2)16-19-14(26-20-16)9-25-17(22)11-5-3-4-6-12(11)21-28(23,24)15-8-7-13(18)27-15/h3-8,10,21H,9H2,1-2H3. The van der Waals surface area contributed by atoms with Crippen LogP contribution in [0.1, 0.15) is 41.8 Å². The van der Waals surface area contributed by atoms with Gasteiger partial charge in [0.1, 0.15) is 4.21 Å². The van der Waals surface area contributed by atoms with Crippen LogP contribution in [0.2, 0.25) is 0 Å². The van der Waals surface area contributed by atoms with Crippen molar-refractivity contribution < 1.29 is 22.5 Å². The molecule has 0 spiro atoms. The summed E-state index contributed by atoms with van der Waals surface area (Å²) in [5.74, 6) is 0.0513. The van der Waals surface area contributed by atoms with Gasteiger partial charge >= 0.3 is 5.97 Å². The molecule has 3 aromatic rings. The number of carbonyl (C=O) groups excluding carboxylic acids is 1. The minimum absolute atomic E-state index is 0.0743. The van der Waals surface area contributed by atoms with Gasteiger partial charge in [0.2, 0.25) is 0 Å². The van der Waals surface area contributed by atoms with Gasteiger partial charge in [-0.05, 0) is 40.2 Å². The molecule has 0 unspecified atom stereocenters. The minimum atomic E-state index is -3.83. The number of hydrogen-bond donors (Lipinski definition) is 1. The van der Waals surface area contributed by atoms with Crippen LogP contribution in [0.4, 0.5) is 5.69 Å². The number of ether oxygens (including phenoxy) is 1. The maximum Gasteiger partial charge on any atom is 0.340 e. The van der Waals surface area contributed by atoms with E-state index in [0.29, 0.717) is 9.61 Å². The molecule has 1 aromatic carbocycles. The van der Waals surface area contributed by atoms with Crippen LogP contribution in [0.5, 0.6) is 0 Å². The number of aromatic nitrogens is 2. The van der Waals surface area contributed by atoms with Gasteiger partial charge in [0.15, 0.2) is 12.4 Å². The zero-order valence-electron chi connectivity index (χ0n) is 14.9. The van der Waals surface area contributed by atoms with Crippen LogP contribution in [-0.2, 0) is 21.4 Å². The summed E-state index contributed by atoms with van der Waals surface area (Å²) in [4.78, 5) is 16.6. The highest BCUT2D eigenvalue weighted by Gasteiger charge is 2.21. The largest absolute Gasteiger partial charge is 0.452 e. The lowest BCUT2D eigenvalue weighted by Crippen LogP contribution is -2.15. The van der Waals surface area contributed by atoms with Crippen molar-refractivity contribution in [2.24, 2.45) is 0 Å². The molecule has 0 atom stereocenters. The Bertz CT molecular complexity index is 1090. The predicted molar refractivity (Wildman–Crippen MR) is 107 cm³/mol. The first-order valence-electron chi connectivity index (χ1n) is 8.13. The molecule has 2 heterocycles. The average molecular weight is 486 g/mol. The Labute approximate surface area is 174 Å². The summed E-state index contributed by atoms with van der Waals surface area (Å²) in [6.07, 6.45) is 0. The van der Waals surface area contributed by atoms with Crippen LogP contribution in [0.25, 0.3) is 0 Å². The third-order valence-electron chi connectivity index (χ3n) is 3.53. The Morgan fingerprint density at radius 2 is 2.04 bits per heavy atom. The lowest BCUT2D eigenvalue weighted by Gasteiger charge is -2.11. The first-order valence-corrected chi connectivity index (χ1v) is 11.2. The summed E-state index contributed by atoms with van der Waals surface area (Å²) >= 11 is 4.30. The fraction of sp³-hybridized carbons (Fsp3) is 0.235. The van der Waals surface area contributed by atoms with E-state index in [9.17, 15) is 13.2 Å². The van der Waals surface area contributed by atoms with Gasteiger partial charge in [0.25, 0.3) is 15.9 Å². The molecule has 0 saturated heterocycles. The van der Waals surface area contributed by atoms with Crippen molar-refractivity contribution in [3.8, 4) is 0 Å². The van der Waals surface area contributed by atoms with E-state index in [2.05, 4.69) is 30.8 Å². The van der Waals surface area contributed by atoms with Crippen molar-refractivity contribution in [1.82, 2.24) is 10.1 Å². The molecule has 3 rings (SSSR count). The molecule has 0 amide bonds. The second-order valence-electron chi connectivity index (χ2n) is 5.99. The summed E-state index contributed by atoms with van der Waals surface area (Å²) < 4.78 is 38.5. The molecule has 8 nitrogen and oxygen atoms in total. The van der Waals surface area contributed by atoms with Crippen LogP contribution >= 0.6 is 27.3 Å². The van der Waals surface area contributed by atoms with E-state index in [0.717, 1.165) is 11.3 Å². The highest BCUT2D eigenvalue weighted by Crippen LogP contribution is 2.28. The highest BCUT2D eigenvalue weighted by atomic mass is 79.9. The minimum Gasteiger partial charge on any atom is -0.452 e. The van der Waals surface area contributed by atoms with Gasteiger partial charge in [-0.3, -0.25) is 4.72 Å².